The third kappa shape index (κ3) is 2.74. The van der Waals surface area contributed by atoms with Crippen molar-refractivity contribution in [2.45, 2.75) is 13.3 Å². The molecule has 4 nitrogen and oxygen atoms in total. The van der Waals surface area contributed by atoms with E-state index in [1.807, 2.05) is 12.1 Å². The van der Waals surface area contributed by atoms with Crippen molar-refractivity contribution in [1.29, 1.82) is 0 Å². The van der Waals surface area contributed by atoms with Crippen molar-refractivity contribution in [3.63, 3.8) is 0 Å². The maximum absolute atomic E-state index is 12.0. The van der Waals surface area contributed by atoms with Gasteiger partial charge in [-0.05, 0) is 30.3 Å². The van der Waals surface area contributed by atoms with E-state index in [0.717, 1.165) is 0 Å². The quantitative estimate of drug-likeness (QED) is 0.632. The largest absolute Gasteiger partial charge is 0.465 e. The van der Waals surface area contributed by atoms with E-state index < -0.39 is 5.97 Å². The number of nitrogens with zero attached hydrogens (tertiary/aromatic N) is 1. The molecule has 0 radical (unpaired) electrons. The standard InChI is InChI=1S/C16H15NO3/c1-3-15(18)12-8-7-11(16(19)20-2)10-13(12)14-6-4-5-9-17-14/h4-10H,3H2,1-2H3. The highest BCUT2D eigenvalue weighted by Crippen LogP contribution is 2.24. The van der Waals surface area contributed by atoms with Gasteiger partial charge in [0, 0.05) is 23.7 Å². The number of esters is 1. The summed E-state index contributed by atoms with van der Waals surface area (Å²) in [6, 6.07) is 10.4. The number of hydrogen-bond donors (Lipinski definition) is 0. The molecule has 0 fully saturated rings. The molecule has 0 unspecified atom stereocenters. The normalized spacial score (nSPS) is 10.1. The van der Waals surface area contributed by atoms with Gasteiger partial charge in [0.05, 0.1) is 18.4 Å². The summed E-state index contributed by atoms with van der Waals surface area (Å²) < 4.78 is 4.71. The van der Waals surface area contributed by atoms with E-state index in [1.165, 1.54) is 7.11 Å². The number of aromatic nitrogens is 1. The Bertz CT molecular complexity index is 635. The maximum atomic E-state index is 12.0. The van der Waals surface area contributed by atoms with Gasteiger partial charge in [-0.25, -0.2) is 4.79 Å². The van der Waals surface area contributed by atoms with Crippen LogP contribution < -0.4 is 0 Å². The number of pyridine rings is 1. The molecule has 1 aromatic heterocycles. The predicted octanol–water partition coefficient (Wildman–Crippen LogP) is 3.13. The van der Waals surface area contributed by atoms with Gasteiger partial charge >= 0.3 is 5.97 Å². The van der Waals surface area contributed by atoms with Crippen LogP contribution in [-0.2, 0) is 4.74 Å². The van der Waals surface area contributed by atoms with Crippen LogP contribution in [0.3, 0.4) is 0 Å². The van der Waals surface area contributed by atoms with Gasteiger partial charge in [0.25, 0.3) is 0 Å². The van der Waals surface area contributed by atoms with Crippen molar-refractivity contribution < 1.29 is 14.3 Å². The van der Waals surface area contributed by atoms with Gasteiger partial charge in [-0.2, -0.15) is 0 Å². The third-order valence-corrected chi connectivity index (χ3v) is 3.00. The molecule has 1 heterocycles. The van der Waals surface area contributed by atoms with Gasteiger partial charge in [-0.3, -0.25) is 9.78 Å². The third-order valence-electron chi connectivity index (χ3n) is 3.00. The van der Waals surface area contributed by atoms with Crippen LogP contribution in [0.4, 0.5) is 0 Å². The van der Waals surface area contributed by atoms with E-state index in [1.54, 1.807) is 37.4 Å². The molecular formula is C16H15NO3. The molecule has 0 atom stereocenters. The van der Waals surface area contributed by atoms with Crippen LogP contribution in [0.1, 0.15) is 34.1 Å². The number of Topliss-reactive ketones (excluding diaryl/α,β-unsaturated/α-hetero) is 1. The number of ketones is 1. The van der Waals surface area contributed by atoms with Crippen LogP contribution in [0.15, 0.2) is 42.6 Å². The molecule has 0 aliphatic rings. The van der Waals surface area contributed by atoms with E-state index in [-0.39, 0.29) is 5.78 Å². The number of hydrogen-bond acceptors (Lipinski definition) is 4. The highest BCUT2D eigenvalue weighted by Gasteiger charge is 2.15. The molecule has 0 spiro atoms. The number of rotatable bonds is 4. The molecule has 0 saturated heterocycles. The Labute approximate surface area is 117 Å². The summed E-state index contributed by atoms with van der Waals surface area (Å²) in [5, 5.41) is 0. The molecule has 0 saturated carbocycles. The highest BCUT2D eigenvalue weighted by atomic mass is 16.5. The van der Waals surface area contributed by atoms with E-state index in [4.69, 9.17) is 4.74 Å². The number of methoxy groups -OCH3 is 1. The Hall–Kier alpha value is -2.49. The molecule has 0 N–H and O–H groups in total. The first-order valence-electron chi connectivity index (χ1n) is 6.34. The van der Waals surface area contributed by atoms with Crippen LogP contribution in [0, 0.1) is 0 Å². The summed E-state index contributed by atoms with van der Waals surface area (Å²) in [6.07, 6.45) is 2.05. The van der Waals surface area contributed by atoms with Crippen molar-refractivity contribution in [1.82, 2.24) is 4.98 Å². The molecule has 102 valence electrons. The molecule has 0 aliphatic carbocycles. The zero-order chi connectivity index (χ0) is 14.5. The van der Waals surface area contributed by atoms with Gasteiger partial charge < -0.3 is 4.74 Å². The minimum atomic E-state index is -0.433. The predicted molar refractivity (Wildman–Crippen MR) is 75.6 cm³/mol. The Morgan fingerprint density at radius 1 is 1.20 bits per heavy atom. The van der Waals surface area contributed by atoms with Gasteiger partial charge in [0.2, 0.25) is 0 Å². The van der Waals surface area contributed by atoms with Crippen molar-refractivity contribution >= 4 is 11.8 Å². The lowest BCUT2D eigenvalue weighted by atomic mass is 9.97. The van der Waals surface area contributed by atoms with Crippen molar-refractivity contribution in [2.24, 2.45) is 0 Å². The summed E-state index contributed by atoms with van der Waals surface area (Å²) in [5.41, 5.74) is 2.29. The summed E-state index contributed by atoms with van der Waals surface area (Å²) in [5.74, 6) is -0.417. The molecule has 20 heavy (non-hydrogen) atoms. The number of carbonyl (C=O) groups is 2. The molecule has 4 heteroatoms. The van der Waals surface area contributed by atoms with Crippen molar-refractivity contribution in [3.8, 4) is 11.3 Å². The Morgan fingerprint density at radius 2 is 2.00 bits per heavy atom. The van der Waals surface area contributed by atoms with Crippen LogP contribution in [0.2, 0.25) is 0 Å². The van der Waals surface area contributed by atoms with Crippen LogP contribution in [-0.4, -0.2) is 23.8 Å². The zero-order valence-electron chi connectivity index (χ0n) is 11.4. The second kappa shape index (κ2) is 6.10. The molecule has 1 aromatic carbocycles. The van der Waals surface area contributed by atoms with Crippen LogP contribution in [0.25, 0.3) is 11.3 Å². The zero-order valence-corrected chi connectivity index (χ0v) is 11.4. The lowest BCUT2D eigenvalue weighted by molar-refractivity contribution is 0.0600. The minimum absolute atomic E-state index is 0.0158. The van der Waals surface area contributed by atoms with Gasteiger partial charge in [-0.1, -0.05) is 13.0 Å². The van der Waals surface area contributed by atoms with E-state index in [2.05, 4.69) is 4.98 Å². The number of ether oxygens (including phenoxy) is 1. The van der Waals surface area contributed by atoms with E-state index in [0.29, 0.717) is 28.8 Å². The molecule has 2 aromatic rings. The van der Waals surface area contributed by atoms with E-state index in [9.17, 15) is 9.59 Å². The molecule has 0 amide bonds. The molecule has 0 aliphatic heterocycles. The van der Waals surface area contributed by atoms with Crippen LogP contribution >= 0.6 is 0 Å². The Morgan fingerprint density at radius 3 is 2.60 bits per heavy atom. The fourth-order valence-corrected chi connectivity index (χ4v) is 1.96. The molecule has 0 bridgehead atoms. The van der Waals surface area contributed by atoms with Crippen molar-refractivity contribution in [3.05, 3.63) is 53.7 Å². The fourth-order valence-electron chi connectivity index (χ4n) is 1.96. The van der Waals surface area contributed by atoms with Crippen LogP contribution in [0.5, 0.6) is 0 Å². The van der Waals surface area contributed by atoms with Crippen molar-refractivity contribution in [2.75, 3.05) is 7.11 Å². The maximum Gasteiger partial charge on any atom is 0.337 e. The topological polar surface area (TPSA) is 56.3 Å². The van der Waals surface area contributed by atoms with Gasteiger partial charge in [0.15, 0.2) is 5.78 Å². The van der Waals surface area contributed by atoms with Gasteiger partial charge in [0.1, 0.15) is 0 Å². The SMILES string of the molecule is CCC(=O)c1ccc(C(=O)OC)cc1-c1ccccn1. The number of carbonyl (C=O) groups excluding carboxylic acids is 2. The first-order chi connectivity index (χ1) is 9.67. The average Bonchev–Trinajstić information content (AvgIpc) is 2.53. The second-order valence-corrected chi connectivity index (χ2v) is 4.24. The summed E-state index contributed by atoms with van der Waals surface area (Å²) >= 11 is 0. The minimum Gasteiger partial charge on any atom is -0.465 e. The summed E-state index contributed by atoms with van der Waals surface area (Å²) in [7, 11) is 1.33. The Kier molecular flexibility index (Phi) is 4.25. The summed E-state index contributed by atoms with van der Waals surface area (Å²) in [4.78, 5) is 27.9. The Balaban J connectivity index is 2.60. The van der Waals surface area contributed by atoms with E-state index >= 15 is 0 Å². The monoisotopic (exact) mass is 269 g/mol. The lowest BCUT2D eigenvalue weighted by Gasteiger charge is -2.09. The summed E-state index contributed by atoms with van der Waals surface area (Å²) in [6.45, 7) is 1.80. The molecule has 2 rings (SSSR count). The molecular weight excluding hydrogens is 254 g/mol. The fraction of sp³-hybridized carbons (Fsp3) is 0.188. The highest BCUT2D eigenvalue weighted by molar-refractivity contribution is 6.03. The average molecular weight is 269 g/mol. The number of benzene rings is 1. The smallest absolute Gasteiger partial charge is 0.337 e. The first-order valence-corrected chi connectivity index (χ1v) is 6.34. The lowest BCUT2D eigenvalue weighted by Crippen LogP contribution is -2.05. The second-order valence-electron chi connectivity index (χ2n) is 4.24. The van der Waals surface area contributed by atoms with Gasteiger partial charge in [-0.15, -0.1) is 0 Å². The first kappa shape index (κ1) is 13.9.